The molecule has 12 heavy (non-hydrogen) atoms. The van der Waals surface area contributed by atoms with E-state index in [2.05, 4.69) is 30.8 Å². The number of aryl methyl sites for hydroxylation is 1. The summed E-state index contributed by atoms with van der Waals surface area (Å²) < 4.78 is 0. The lowest BCUT2D eigenvalue weighted by Crippen LogP contribution is -2.28. The van der Waals surface area contributed by atoms with Crippen LogP contribution in [0.5, 0.6) is 0 Å². The predicted octanol–water partition coefficient (Wildman–Crippen LogP) is 2.00. The first-order valence-electron chi connectivity index (χ1n) is 4.31. The van der Waals surface area contributed by atoms with E-state index < -0.39 is 0 Å². The maximum absolute atomic E-state index is 4.53. The van der Waals surface area contributed by atoms with Gasteiger partial charge in [0.1, 0.15) is 0 Å². The SMILES string of the molecule is Cc1nc2c(s1)C(C)CN(C)C2. The number of aromatic nitrogens is 1. The molecule has 0 amide bonds. The standard InChI is InChI=1S/C9H14N2S/c1-6-4-11(3)5-8-9(6)12-7(2)10-8/h6H,4-5H2,1-3H3. The van der Waals surface area contributed by atoms with Crippen LogP contribution in [0.25, 0.3) is 0 Å². The number of rotatable bonds is 0. The fourth-order valence-electron chi connectivity index (χ4n) is 1.85. The maximum atomic E-state index is 4.53. The molecule has 3 heteroatoms. The minimum atomic E-state index is 0.671. The summed E-state index contributed by atoms with van der Waals surface area (Å²) in [4.78, 5) is 8.37. The summed E-state index contributed by atoms with van der Waals surface area (Å²) in [5.74, 6) is 0.671. The van der Waals surface area contributed by atoms with E-state index in [4.69, 9.17) is 0 Å². The molecule has 66 valence electrons. The molecule has 0 aliphatic carbocycles. The van der Waals surface area contributed by atoms with Gasteiger partial charge in [-0.3, -0.25) is 4.90 Å². The molecule has 1 atom stereocenters. The number of hydrogen-bond donors (Lipinski definition) is 0. The Morgan fingerprint density at radius 2 is 2.33 bits per heavy atom. The van der Waals surface area contributed by atoms with E-state index in [1.54, 1.807) is 0 Å². The summed E-state index contributed by atoms with van der Waals surface area (Å²) in [5.41, 5.74) is 1.30. The Hall–Kier alpha value is -0.410. The molecule has 0 fully saturated rings. The van der Waals surface area contributed by atoms with Gasteiger partial charge in [0.2, 0.25) is 0 Å². The molecule has 2 rings (SSSR count). The molecule has 0 saturated carbocycles. The van der Waals surface area contributed by atoms with Crippen LogP contribution >= 0.6 is 11.3 Å². The van der Waals surface area contributed by atoms with Crippen LogP contribution in [0.2, 0.25) is 0 Å². The first-order chi connectivity index (χ1) is 5.66. The molecule has 1 aromatic rings. The van der Waals surface area contributed by atoms with Crippen LogP contribution in [0, 0.1) is 6.92 Å². The number of likely N-dealkylation sites (N-methyl/N-ethyl adjacent to an activating group) is 1. The monoisotopic (exact) mass is 182 g/mol. The predicted molar refractivity (Wildman–Crippen MR) is 51.6 cm³/mol. The molecule has 2 heterocycles. The van der Waals surface area contributed by atoms with Gasteiger partial charge in [-0.25, -0.2) is 4.98 Å². The largest absolute Gasteiger partial charge is 0.300 e. The molecule has 0 radical (unpaired) electrons. The first kappa shape index (κ1) is 8.20. The highest BCUT2D eigenvalue weighted by atomic mass is 32.1. The van der Waals surface area contributed by atoms with Gasteiger partial charge in [-0.2, -0.15) is 0 Å². The quantitative estimate of drug-likeness (QED) is 0.610. The third-order valence-electron chi connectivity index (χ3n) is 2.29. The second kappa shape index (κ2) is 2.82. The third kappa shape index (κ3) is 1.27. The highest BCUT2D eigenvalue weighted by molar-refractivity contribution is 7.11. The lowest BCUT2D eigenvalue weighted by Gasteiger charge is -2.26. The number of thiazole rings is 1. The fraction of sp³-hybridized carbons (Fsp3) is 0.667. The Morgan fingerprint density at radius 3 is 3.08 bits per heavy atom. The molecule has 1 aromatic heterocycles. The zero-order valence-corrected chi connectivity index (χ0v) is 8.61. The van der Waals surface area contributed by atoms with Gasteiger partial charge in [0.05, 0.1) is 10.7 Å². The Labute approximate surface area is 77.2 Å². The van der Waals surface area contributed by atoms with E-state index in [1.165, 1.54) is 22.1 Å². The zero-order chi connectivity index (χ0) is 8.72. The topological polar surface area (TPSA) is 16.1 Å². The average molecular weight is 182 g/mol. The van der Waals surface area contributed by atoms with Crippen LogP contribution in [0.15, 0.2) is 0 Å². The van der Waals surface area contributed by atoms with Gasteiger partial charge in [0.25, 0.3) is 0 Å². The van der Waals surface area contributed by atoms with E-state index >= 15 is 0 Å². The van der Waals surface area contributed by atoms with Crippen molar-refractivity contribution in [2.24, 2.45) is 0 Å². The molecular formula is C9H14N2S. The van der Waals surface area contributed by atoms with Gasteiger partial charge < -0.3 is 0 Å². The normalized spacial score (nSPS) is 24.1. The highest BCUT2D eigenvalue weighted by Gasteiger charge is 2.22. The van der Waals surface area contributed by atoms with E-state index in [9.17, 15) is 0 Å². The van der Waals surface area contributed by atoms with Crippen LogP contribution in [-0.4, -0.2) is 23.5 Å². The van der Waals surface area contributed by atoms with Gasteiger partial charge >= 0.3 is 0 Å². The van der Waals surface area contributed by atoms with Crippen molar-refractivity contribution in [2.75, 3.05) is 13.6 Å². The van der Waals surface area contributed by atoms with Gasteiger partial charge in [-0.05, 0) is 14.0 Å². The zero-order valence-electron chi connectivity index (χ0n) is 7.79. The Kier molecular flexibility index (Phi) is 1.93. The van der Waals surface area contributed by atoms with Crippen LogP contribution < -0.4 is 0 Å². The highest BCUT2D eigenvalue weighted by Crippen LogP contribution is 2.31. The van der Waals surface area contributed by atoms with Crippen molar-refractivity contribution < 1.29 is 0 Å². The van der Waals surface area contributed by atoms with Crippen molar-refractivity contribution >= 4 is 11.3 Å². The smallest absolute Gasteiger partial charge is 0.0900 e. The van der Waals surface area contributed by atoms with Gasteiger partial charge in [-0.15, -0.1) is 11.3 Å². The summed E-state index contributed by atoms with van der Waals surface area (Å²) in [5, 5.41) is 1.21. The second-order valence-electron chi connectivity index (χ2n) is 3.64. The van der Waals surface area contributed by atoms with E-state index in [1.807, 2.05) is 11.3 Å². The van der Waals surface area contributed by atoms with Crippen LogP contribution in [0.3, 0.4) is 0 Å². The van der Waals surface area contributed by atoms with Crippen molar-refractivity contribution in [1.29, 1.82) is 0 Å². The minimum absolute atomic E-state index is 0.671. The van der Waals surface area contributed by atoms with E-state index in [0.29, 0.717) is 5.92 Å². The molecule has 0 spiro atoms. The maximum Gasteiger partial charge on any atom is 0.0900 e. The summed E-state index contributed by atoms with van der Waals surface area (Å²) in [6, 6.07) is 0. The number of hydrogen-bond acceptors (Lipinski definition) is 3. The molecule has 1 aliphatic heterocycles. The van der Waals surface area contributed by atoms with Crippen molar-refractivity contribution in [3.63, 3.8) is 0 Å². The molecule has 0 N–H and O–H groups in total. The van der Waals surface area contributed by atoms with Crippen LogP contribution in [-0.2, 0) is 6.54 Å². The van der Waals surface area contributed by atoms with Gasteiger partial charge in [-0.1, -0.05) is 6.92 Å². The van der Waals surface area contributed by atoms with Crippen molar-refractivity contribution in [3.8, 4) is 0 Å². The van der Waals surface area contributed by atoms with Crippen LogP contribution in [0.1, 0.15) is 28.4 Å². The molecule has 0 aromatic carbocycles. The molecule has 0 bridgehead atoms. The van der Waals surface area contributed by atoms with E-state index in [0.717, 1.165) is 6.54 Å². The minimum Gasteiger partial charge on any atom is -0.300 e. The molecule has 0 saturated heterocycles. The fourth-order valence-corrected chi connectivity index (χ4v) is 2.83. The van der Waals surface area contributed by atoms with Crippen molar-refractivity contribution in [1.82, 2.24) is 9.88 Å². The summed E-state index contributed by atoms with van der Waals surface area (Å²) >= 11 is 1.86. The summed E-state index contributed by atoms with van der Waals surface area (Å²) in [7, 11) is 2.16. The second-order valence-corrected chi connectivity index (χ2v) is 4.88. The number of fused-ring (bicyclic) bond motifs is 1. The third-order valence-corrected chi connectivity index (χ3v) is 3.53. The van der Waals surface area contributed by atoms with Crippen molar-refractivity contribution in [3.05, 3.63) is 15.6 Å². The first-order valence-corrected chi connectivity index (χ1v) is 5.13. The summed E-state index contributed by atoms with van der Waals surface area (Å²) in [6.07, 6.45) is 0. The molecule has 2 nitrogen and oxygen atoms in total. The molecule has 1 aliphatic rings. The Bertz CT molecular complexity index is 293. The van der Waals surface area contributed by atoms with Crippen molar-refractivity contribution in [2.45, 2.75) is 26.3 Å². The van der Waals surface area contributed by atoms with E-state index in [-0.39, 0.29) is 0 Å². The van der Waals surface area contributed by atoms with Gasteiger partial charge in [0.15, 0.2) is 0 Å². The lowest BCUT2D eigenvalue weighted by atomic mass is 10.0. The molecular weight excluding hydrogens is 168 g/mol. The number of nitrogens with zero attached hydrogens (tertiary/aromatic N) is 2. The van der Waals surface area contributed by atoms with Crippen LogP contribution in [0.4, 0.5) is 0 Å². The summed E-state index contributed by atoms with van der Waals surface area (Å²) in [6.45, 7) is 6.58. The average Bonchev–Trinajstić information content (AvgIpc) is 2.29. The lowest BCUT2D eigenvalue weighted by molar-refractivity contribution is 0.287. The Balaban J connectivity index is 2.40. The van der Waals surface area contributed by atoms with Gasteiger partial charge in [0, 0.05) is 23.9 Å². The molecule has 1 unspecified atom stereocenters. The Morgan fingerprint density at radius 1 is 1.58 bits per heavy atom.